The van der Waals surface area contributed by atoms with Gasteiger partial charge in [-0.2, -0.15) is 10.2 Å². The summed E-state index contributed by atoms with van der Waals surface area (Å²) >= 11 is 3.44. The summed E-state index contributed by atoms with van der Waals surface area (Å²) in [5.41, 5.74) is 1.19. The second-order valence-electron chi connectivity index (χ2n) is 5.20. The number of aromatic nitrogens is 4. The summed E-state index contributed by atoms with van der Waals surface area (Å²) < 4.78 is 8.93. The third-order valence-electron chi connectivity index (χ3n) is 3.43. The fourth-order valence-corrected chi connectivity index (χ4v) is 2.61. The summed E-state index contributed by atoms with van der Waals surface area (Å²) in [6.45, 7) is 5.06. The zero-order valence-electron chi connectivity index (χ0n) is 14.1. The van der Waals surface area contributed by atoms with E-state index in [0.717, 1.165) is 16.7 Å². The van der Waals surface area contributed by atoms with Crippen LogP contribution in [-0.2, 0) is 24.9 Å². The van der Waals surface area contributed by atoms with E-state index in [-0.39, 0.29) is 23.9 Å². The minimum atomic E-state index is -0.501. The number of aryl methyl sites for hydroxylation is 2. The zero-order chi connectivity index (χ0) is 17.9. The molecule has 2 aromatic heterocycles. The number of ether oxygens (including phenoxy) is 1. The molecule has 2 heterocycles. The Morgan fingerprint density at radius 1 is 1.33 bits per heavy atom. The molecule has 2 rings (SSSR count). The van der Waals surface area contributed by atoms with Gasteiger partial charge in [0.2, 0.25) is 0 Å². The third kappa shape index (κ3) is 3.84. The van der Waals surface area contributed by atoms with Gasteiger partial charge < -0.3 is 9.64 Å². The number of nitrogens with zero attached hydrogens (tertiary/aromatic N) is 5. The topological polar surface area (TPSA) is 82.2 Å². The van der Waals surface area contributed by atoms with Gasteiger partial charge in [0.05, 0.1) is 23.3 Å². The quantitative estimate of drug-likeness (QED) is 0.694. The van der Waals surface area contributed by atoms with Crippen LogP contribution in [0.25, 0.3) is 0 Å². The third-order valence-corrected chi connectivity index (χ3v) is 4.09. The summed E-state index contributed by atoms with van der Waals surface area (Å²) in [5, 5.41) is 8.50. The van der Waals surface area contributed by atoms with E-state index in [4.69, 9.17) is 4.74 Å². The minimum Gasteiger partial charge on any atom is -0.461 e. The predicted octanol–water partition coefficient (Wildman–Crippen LogP) is 1.85. The zero-order valence-corrected chi connectivity index (χ0v) is 15.7. The van der Waals surface area contributed by atoms with E-state index < -0.39 is 5.97 Å². The summed E-state index contributed by atoms with van der Waals surface area (Å²) in [6, 6.07) is 1.44. The first-order valence-corrected chi connectivity index (χ1v) is 8.35. The minimum absolute atomic E-state index is 0.189. The standard InChI is InChI=1S/C15H20BrN5O3/c1-5-21-8-10(16)12(18-21)9-19(3)14(22)11-7-13(20(4)17-11)15(23)24-6-2/h7-8H,5-6,9H2,1-4H3. The maximum absolute atomic E-state index is 12.5. The van der Waals surface area contributed by atoms with E-state index in [2.05, 4.69) is 26.1 Å². The molecule has 0 aliphatic rings. The van der Waals surface area contributed by atoms with Crippen molar-refractivity contribution in [1.29, 1.82) is 0 Å². The molecule has 0 aliphatic heterocycles. The van der Waals surface area contributed by atoms with Crippen LogP contribution in [0.1, 0.15) is 40.5 Å². The molecule has 0 atom stereocenters. The summed E-state index contributed by atoms with van der Waals surface area (Å²) in [5.74, 6) is -0.794. The van der Waals surface area contributed by atoms with Gasteiger partial charge in [-0.1, -0.05) is 0 Å². The van der Waals surface area contributed by atoms with Crippen molar-refractivity contribution in [2.24, 2.45) is 7.05 Å². The lowest BCUT2D eigenvalue weighted by atomic mass is 10.3. The molecule has 0 saturated heterocycles. The molecule has 130 valence electrons. The Morgan fingerprint density at radius 2 is 2.04 bits per heavy atom. The number of carbonyl (C=O) groups excluding carboxylic acids is 2. The molecule has 1 amide bonds. The Bertz CT molecular complexity index is 752. The van der Waals surface area contributed by atoms with E-state index in [1.807, 2.05) is 13.1 Å². The average molecular weight is 398 g/mol. The molecule has 0 spiro atoms. The van der Waals surface area contributed by atoms with Crippen molar-refractivity contribution in [2.45, 2.75) is 26.9 Å². The van der Waals surface area contributed by atoms with Gasteiger partial charge in [0.15, 0.2) is 5.69 Å². The van der Waals surface area contributed by atoms with Crippen LogP contribution in [0.5, 0.6) is 0 Å². The van der Waals surface area contributed by atoms with Gasteiger partial charge in [0.25, 0.3) is 5.91 Å². The second kappa shape index (κ2) is 7.61. The van der Waals surface area contributed by atoms with Crippen molar-refractivity contribution in [1.82, 2.24) is 24.5 Å². The van der Waals surface area contributed by atoms with Crippen LogP contribution in [0, 0.1) is 0 Å². The highest BCUT2D eigenvalue weighted by molar-refractivity contribution is 9.10. The lowest BCUT2D eigenvalue weighted by molar-refractivity contribution is 0.0513. The molecule has 0 unspecified atom stereocenters. The van der Waals surface area contributed by atoms with Gasteiger partial charge in [-0.25, -0.2) is 4.79 Å². The Kier molecular flexibility index (Phi) is 5.76. The Hall–Kier alpha value is -2.16. The molecule has 0 aromatic carbocycles. The summed E-state index contributed by atoms with van der Waals surface area (Å²) in [6.07, 6.45) is 1.87. The van der Waals surface area contributed by atoms with E-state index >= 15 is 0 Å². The van der Waals surface area contributed by atoms with Crippen molar-refractivity contribution < 1.29 is 14.3 Å². The highest BCUT2D eigenvalue weighted by Crippen LogP contribution is 2.17. The SMILES string of the molecule is CCOC(=O)c1cc(C(=O)N(C)Cc2nn(CC)cc2Br)nn1C. The van der Waals surface area contributed by atoms with Crippen molar-refractivity contribution in [3.05, 3.63) is 33.8 Å². The van der Waals surface area contributed by atoms with E-state index in [1.165, 1.54) is 15.6 Å². The maximum Gasteiger partial charge on any atom is 0.356 e. The number of hydrogen-bond donors (Lipinski definition) is 0. The van der Waals surface area contributed by atoms with Gasteiger partial charge >= 0.3 is 5.97 Å². The van der Waals surface area contributed by atoms with Crippen molar-refractivity contribution >= 4 is 27.8 Å². The highest BCUT2D eigenvalue weighted by Gasteiger charge is 2.22. The summed E-state index contributed by atoms with van der Waals surface area (Å²) in [7, 11) is 3.26. The Labute approximate surface area is 148 Å². The smallest absolute Gasteiger partial charge is 0.356 e. The first kappa shape index (κ1) is 18.2. The second-order valence-corrected chi connectivity index (χ2v) is 6.05. The fourth-order valence-electron chi connectivity index (χ4n) is 2.17. The van der Waals surface area contributed by atoms with Crippen LogP contribution < -0.4 is 0 Å². The Morgan fingerprint density at radius 3 is 2.62 bits per heavy atom. The monoisotopic (exact) mass is 397 g/mol. The van der Waals surface area contributed by atoms with Crippen molar-refractivity contribution in [2.75, 3.05) is 13.7 Å². The van der Waals surface area contributed by atoms with Crippen LogP contribution in [-0.4, -0.2) is 50.0 Å². The molecule has 0 saturated carbocycles. The van der Waals surface area contributed by atoms with Crippen molar-refractivity contribution in [3.8, 4) is 0 Å². The van der Waals surface area contributed by atoms with Crippen LogP contribution in [0.15, 0.2) is 16.7 Å². The number of hydrogen-bond acceptors (Lipinski definition) is 5. The average Bonchev–Trinajstić information content (AvgIpc) is 3.10. The summed E-state index contributed by atoms with van der Waals surface area (Å²) in [4.78, 5) is 25.9. The van der Waals surface area contributed by atoms with Crippen LogP contribution in [0.3, 0.4) is 0 Å². The lowest BCUT2D eigenvalue weighted by Crippen LogP contribution is -2.27. The highest BCUT2D eigenvalue weighted by atomic mass is 79.9. The van der Waals surface area contributed by atoms with E-state index in [0.29, 0.717) is 6.54 Å². The molecule has 0 bridgehead atoms. The first-order valence-electron chi connectivity index (χ1n) is 7.55. The van der Waals surface area contributed by atoms with Crippen molar-refractivity contribution in [3.63, 3.8) is 0 Å². The predicted molar refractivity (Wildman–Crippen MR) is 90.6 cm³/mol. The van der Waals surface area contributed by atoms with Crippen LogP contribution in [0.2, 0.25) is 0 Å². The number of amides is 1. The number of halogens is 1. The molecule has 24 heavy (non-hydrogen) atoms. The van der Waals surface area contributed by atoms with Crippen LogP contribution in [0.4, 0.5) is 0 Å². The van der Waals surface area contributed by atoms with Gasteiger partial charge in [-0.3, -0.25) is 14.2 Å². The molecular formula is C15H20BrN5O3. The molecule has 8 nitrogen and oxygen atoms in total. The maximum atomic E-state index is 12.5. The molecule has 9 heteroatoms. The lowest BCUT2D eigenvalue weighted by Gasteiger charge is -2.14. The molecule has 0 aliphatic carbocycles. The fraction of sp³-hybridized carbons (Fsp3) is 0.467. The number of rotatable bonds is 6. The molecule has 0 N–H and O–H groups in total. The normalized spacial score (nSPS) is 10.7. The van der Waals surface area contributed by atoms with E-state index in [9.17, 15) is 9.59 Å². The van der Waals surface area contributed by atoms with Gasteiger partial charge in [-0.15, -0.1) is 0 Å². The largest absolute Gasteiger partial charge is 0.461 e. The van der Waals surface area contributed by atoms with E-state index in [1.54, 1.807) is 25.7 Å². The molecule has 0 radical (unpaired) electrons. The first-order chi connectivity index (χ1) is 11.4. The van der Waals surface area contributed by atoms with Gasteiger partial charge in [-0.05, 0) is 29.8 Å². The van der Waals surface area contributed by atoms with Gasteiger partial charge in [0, 0.05) is 32.9 Å². The Balaban J connectivity index is 2.14. The number of esters is 1. The molecule has 2 aromatic rings. The molecular weight excluding hydrogens is 378 g/mol. The molecule has 0 fully saturated rings. The van der Waals surface area contributed by atoms with Gasteiger partial charge in [0.1, 0.15) is 5.69 Å². The number of carbonyl (C=O) groups is 2. The van der Waals surface area contributed by atoms with Crippen LogP contribution >= 0.6 is 15.9 Å².